The topological polar surface area (TPSA) is 41.6 Å². The number of rotatable bonds is 3. The average Bonchev–Trinajstić information content (AvgIpc) is 3.08. The summed E-state index contributed by atoms with van der Waals surface area (Å²) >= 11 is 8.49. The van der Waals surface area contributed by atoms with E-state index in [-0.39, 0.29) is 17.7 Å². The summed E-state index contributed by atoms with van der Waals surface area (Å²) in [6, 6.07) is 4.57. The molecule has 2 aliphatic heterocycles. The molecule has 1 unspecified atom stereocenters. The Balaban J connectivity index is 1.80. The van der Waals surface area contributed by atoms with Crippen LogP contribution < -0.4 is 5.32 Å². The Morgan fingerprint density at radius 2 is 2.36 bits per heavy atom. The predicted molar refractivity (Wildman–Crippen MR) is 88.5 cm³/mol. The summed E-state index contributed by atoms with van der Waals surface area (Å²) in [5.74, 6) is -0.645. The molecule has 22 heavy (non-hydrogen) atoms. The van der Waals surface area contributed by atoms with Gasteiger partial charge in [-0.2, -0.15) is 0 Å². The van der Waals surface area contributed by atoms with Gasteiger partial charge >= 0.3 is 0 Å². The minimum absolute atomic E-state index is 0.0191. The molecule has 0 aromatic heterocycles. The fraction of sp³-hybridized carbons (Fsp3) is 0.333. The third-order valence-corrected chi connectivity index (χ3v) is 4.45. The SMILES string of the molecule is O=C1/C(=C\c2cc(Br)ccc2F)NC(=S)N1CC1CCCO1. The van der Waals surface area contributed by atoms with Crippen molar-refractivity contribution in [3.05, 3.63) is 39.7 Å². The van der Waals surface area contributed by atoms with Crippen LogP contribution in [-0.2, 0) is 9.53 Å². The zero-order valence-corrected chi connectivity index (χ0v) is 14.0. The lowest BCUT2D eigenvalue weighted by Gasteiger charge is -2.18. The number of carbonyl (C=O) groups is 1. The lowest BCUT2D eigenvalue weighted by Crippen LogP contribution is -2.37. The van der Waals surface area contributed by atoms with Crippen molar-refractivity contribution < 1.29 is 13.9 Å². The second kappa shape index (κ2) is 6.44. The molecule has 0 saturated carbocycles. The summed E-state index contributed by atoms with van der Waals surface area (Å²) in [7, 11) is 0. The first-order chi connectivity index (χ1) is 10.5. The van der Waals surface area contributed by atoms with E-state index >= 15 is 0 Å². The molecule has 2 fully saturated rings. The second-order valence-corrected chi connectivity index (χ2v) is 6.51. The van der Waals surface area contributed by atoms with E-state index in [9.17, 15) is 9.18 Å². The van der Waals surface area contributed by atoms with E-state index in [1.54, 1.807) is 12.1 Å². The van der Waals surface area contributed by atoms with Crippen LogP contribution in [0, 0.1) is 5.82 Å². The highest BCUT2D eigenvalue weighted by atomic mass is 79.9. The molecule has 2 heterocycles. The van der Waals surface area contributed by atoms with E-state index in [4.69, 9.17) is 17.0 Å². The number of hydrogen-bond acceptors (Lipinski definition) is 3. The van der Waals surface area contributed by atoms with Gasteiger partial charge in [-0.3, -0.25) is 9.69 Å². The van der Waals surface area contributed by atoms with Gasteiger partial charge in [0.15, 0.2) is 5.11 Å². The maximum absolute atomic E-state index is 13.8. The number of amides is 1. The van der Waals surface area contributed by atoms with Gasteiger partial charge < -0.3 is 10.1 Å². The molecule has 1 N–H and O–H groups in total. The molecule has 1 aromatic carbocycles. The molecule has 116 valence electrons. The second-order valence-electron chi connectivity index (χ2n) is 5.20. The van der Waals surface area contributed by atoms with Crippen LogP contribution in [0.4, 0.5) is 4.39 Å². The van der Waals surface area contributed by atoms with E-state index < -0.39 is 5.82 Å². The van der Waals surface area contributed by atoms with Crippen molar-refractivity contribution in [2.75, 3.05) is 13.2 Å². The van der Waals surface area contributed by atoms with E-state index in [1.165, 1.54) is 17.0 Å². The van der Waals surface area contributed by atoms with Crippen LogP contribution in [0.5, 0.6) is 0 Å². The monoisotopic (exact) mass is 384 g/mol. The molecule has 7 heteroatoms. The van der Waals surface area contributed by atoms with Crippen LogP contribution in [0.25, 0.3) is 6.08 Å². The first-order valence-electron chi connectivity index (χ1n) is 6.96. The highest BCUT2D eigenvalue weighted by molar-refractivity contribution is 9.10. The Morgan fingerprint density at radius 1 is 1.55 bits per heavy atom. The standard InChI is InChI=1S/C15H14BrFN2O2S/c16-10-3-4-12(17)9(6-10)7-13-14(20)19(15(22)18-13)8-11-2-1-5-21-11/h3-4,6-7,11H,1-2,5,8H2,(H,18,22)/b13-7+. The van der Waals surface area contributed by atoms with Crippen LogP contribution in [0.1, 0.15) is 18.4 Å². The first kappa shape index (κ1) is 15.6. The van der Waals surface area contributed by atoms with Crippen LogP contribution in [-0.4, -0.2) is 35.2 Å². The zero-order chi connectivity index (χ0) is 15.7. The molecule has 0 bridgehead atoms. The highest BCUT2D eigenvalue weighted by Gasteiger charge is 2.33. The molecule has 0 aliphatic carbocycles. The highest BCUT2D eigenvalue weighted by Crippen LogP contribution is 2.22. The van der Waals surface area contributed by atoms with Gasteiger partial charge in [-0.1, -0.05) is 15.9 Å². The minimum Gasteiger partial charge on any atom is -0.376 e. The van der Waals surface area contributed by atoms with Gasteiger partial charge in [-0.05, 0) is 49.3 Å². The molecule has 0 radical (unpaired) electrons. The molecule has 3 rings (SSSR count). The van der Waals surface area contributed by atoms with Crippen molar-refractivity contribution in [3.63, 3.8) is 0 Å². The van der Waals surface area contributed by atoms with Gasteiger partial charge in [0.1, 0.15) is 11.5 Å². The van der Waals surface area contributed by atoms with E-state index in [0.29, 0.717) is 17.2 Å². The van der Waals surface area contributed by atoms with Crippen LogP contribution in [0.15, 0.2) is 28.4 Å². The quantitative estimate of drug-likeness (QED) is 0.642. The number of benzene rings is 1. The number of nitrogens with one attached hydrogen (secondary N) is 1. The number of carbonyl (C=O) groups excluding carboxylic acids is 1. The normalized spacial score (nSPS) is 23.5. The summed E-state index contributed by atoms with van der Waals surface area (Å²) < 4.78 is 20.1. The van der Waals surface area contributed by atoms with Gasteiger partial charge in [0.25, 0.3) is 5.91 Å². The minimum atomic E-state index is -0.395. The molecule has 2 saturated heterocycles. The van der Waals surface area contributed by atoms with Crippen molar-refractivity contribution in [1.29, 1.82) is 0 Å². The number of hydrogen-bond donors (Lipinski definition) is 1. The van der Waals surface area contributed by atoms with E-state index in [2.05, 4.69) is 21.2 Å². The lowest BCUT2D eigenvalue weighted by atomic mass is 10.1. The van der Waals surface area contributed by atoms with Crippen molar-refractivity contribution in [1.82, 2.24) is 10.2 Å². The van der Waals surface area contributed by atoms with Crippen molar-refractivity contribution >= 4 is 45.2 Å². The maximum atomic E-state index is 13.8. The number of thiocarbonyl (C=S) groups is 1. The van der Waals surface area contributed by atoms with Gasteiger partial charge in [0.05, 0.1) is 12.6 Å². The Bertz CT molecular complexity index is 659. The molecule has 4 nitrogen and oxygen atoms in total. The molecule has 2 aliphatic rings. The van der Waals surface area contributed by atoms with Crippen LogP contribution >= 0.6 is 28.1 Å². The van der Waals surface area contributed by atoms with E-state index in [1.807, 2.05) is 0 Å². The fourth-order valence-corrected chi connectivity index (χ4v) is 3.16. The Morgan fingerprint density at radius 3 is 3.09 bits per heavy atom. The molecule has 1 amide bonds. The van der Waals surface area contributed by atoms with Crippen molar-refractivity contribution in [2.24, 2.45) is 0 Å². The molecule has 1 aromatic rings. The fourth-order valence-electron chi connectivity index (χ4n) is 2.51. The van der Waals surface area contributed by atoms with Gasteiger partial charge in [-0.25, -0.2) is 4.39 Å². The third kappa shape index (κ3) is 3.21. The van der Waals surface area contributed by atoms with Crippen molar-refractivity contribution in [3.8, 4) is 0 Å². The zero-order valence-electron chi connectivity index (χ0n) is 11.6. The number of ether oxygens (including phenoxy) is 1. The van der Waals surface area contributed by atoms with Crippen molar-refractivity contribution in [2.45, 2.75) is 18.9 Å². The summed E-state index contributed by atoms with van der Waals surface area (Å²) in [5.41, 5.74) is 0.604. The molecule has 1 atom stereocenters. The van der Waals surface area contributed by atoms with E-state index in [0.717, 1.165) is 23.9 Å². The Hall–Kier alpha value is -1.31. The Kier molecular flexibility index (Phi) is 4.56. The van der Waals surface area contributed by atoms with Crippen LogP contribution in [0.2, 0.25) is 0 Å². The summed E-state index contributed by atoms with van der Waals surface area (Å²) in [6.45, 7) is 1.15. The average molecular weight is 385 g/mol. The number of halogens is 2. The molecular formula is C15H14BrFN2O2S. The summed E-state index contributed by atoms with van der Waals surface area (Å²) in [5, 5.41) is 3.19. The first-order valence-corrected chi connectivity index (χ1v) is 8.16. The lowest BCUT2D eigenvalue weighted by molar-refractivity contribution is -0.123. The Labute approximate surface area is 141 Å². The summed E-state index contributed by atoms with van der Waals surface area (Å²) in [4.78, 5) is 13.9. The van der Waals surface area contributed by atoms with Crippen LogP contribution in [0.3, 0.4) is 0 Å². The molecule has 0 spiro atoms. The van der Waals surface area contributed by atoms with Gasteiger partial charge in [-0.15, -0.1) is 0 Å². The van der Waals surface area contributed by atoms with Gasteiger partial charge in [0, 0.05) is 16.6 Å². The smallest absolute Gasteiger partial charge is 0.276 e. The third-order valence-electron chi connectivity index (χ3n) is 3.63. The predicted octanol–water partition coefficient (Wildman–Crippen LogP) is 2.82. The largest absolute Gasteiger partial charge is 0.376 e. The number of nitrogens with zero attached hydrogens (tertiary/aromatic N) is 1. The summed E-state index contributed by atoms with van der Waals surface area (Å²) in [6.07, 6.45) is 3.42. The maximum Gasteiger partial charge on any atom is 0.276 e. The molecular weight excluding hydrogens is 371 g/mol. The van der Waals surface area contributed by atoms with Gasteiger partial charge in [0.2, 0.25) is 0 Å².